The van der Waals surface area contributed by atoms with Crippen molar-refractivity contribution < 1.29 is 14.6 Å². The van der Waals surface area contributed by atoms with Crippen molar-refractivity contribution in [3.8, 4) is 0 Å². The van der Waals surface area contributed by atoms with Gasteiger partial charge in [0.05, 0.1) is 16.2 Å². The number of carbonyl (C=O) groups excluding carboxylic acids is 1. The van der Waals surface area contributed by atoms with E-state index in [0.717, 1.165) is 36.1 Å². The van der Waals surface area contributed by atoms with Crippen LogP contribution in [-0.4, -0.2) is 16.6 Å². The molecule has 6 heteroatoms. The second kappa shape index (κ2) is 7.53. The van der Waals surface area contributed by atoms with Crippen molar-refractivity contribution in [2.45, 2.75) is 19.3 Å². The molecule has 0 unspecified atom stereocenters. The first-order valence-corrected chi connectivity index (χ1v) is 7.92. The van der Waals surface area contributed by atoms with Crippen LogP contribution in [0.25, 0.3) is 6.08 Å². The van der Waals surface area contributed by atoms with Gasteiger partial charge in [0.2, 0.25) is 0 Å². The Morgan fingerprint density at radius 1 is 1.08 bits per heavy atom. The number of hydrogen-bond donors (Lipinski definition) is 0. The molecular weight excluding hydrogens is 320 g/mol. The van der Waals surface area contributed by atoms with Gasteiger partial charge in [-0.3, -0.25) is 10.1 Å². The van der Waals surface area contributed by atoms with E-state index >= 15 is 0 Å². The van der Waals surface area contributed by atoms with Crippen molar-refractivity contribution in [1.82, 2.24) is 0 Å². The summed E-state index contributed by atoms with van der Waals surface area (Å²) in [6.45, 7) is 0. The van der Waals surface area contributed by atoms with Gasteiger partial charge in [0.25, 0.3) is 5.69 Å². The van der Waals surface area contributed by atoms with Crippen LogP contribution >= 0.6 is 0 Å². The van der Waals surface area contributed by atoms with E-state index in [4.69, 9.17) is 4.84 Å². The molecule has 25 heavy (non-hydrogen) atoms. The summed E-state index contributed by atoms with van der Waals surface area (Å²) in [5, 5.41) is 14.6. The number of non-ortho nitro benzene ring substituents is 1. The van der Waals surface area contributed by atoms with Crippen molar-refractivity contribution in [3.05, 3.63) is 81.4 Å². The quantitative estimate of drug-likeness (QED) is 0.471. The summed E-state index contributed by atoms with van der Waals surface area (Å²) in [6.07, 6.45) is 4.66. The van der Waals surface area contributed by atoms with E-state index in [1.807, 2.05) is 36.4 Å². The van der Waals surface area contributed by atoms with Gasteiger partial charge < -0.3 is 4.84 Å². The average Bonchev–Trinajstić information content (AvgIpc) is 3.07. The lowest BCUT2D eigenvalue weighted by atomic mass is 10.1. The number of rotatable bonds is 4. The highest BCUT2D eigenvalue weighted by Crippen LogP contribution is 2.24. The Morgan fingerprint density at radius 2 is 1.80 bits per heavy atom. The summed E-state index contributed by atoms with van der Waals surface area (Å²) >= 11 is 0. The number of allylic oxidation sites excluding steroid dienone is 1. The molecule has 126 valence electrons. The van der Waals surface area contributed by atoms with Crippen LogP contribution in [-0.2, 0) is 4.84 Å². The molecule has 0 N–H and O–H groups in total. The van der Waals surface area contributed by atoms with Gasteiger partial charge in [-0.15, -0.1) is 0 Å². The number of oxime groups is 1. The van der Waals surface area contributed by atoms with Crippen LogP contribution in [0.1, 0.15) is 35.2 Å². The topological polar surface area (TPSA) is 81.8 Å². The Morgan fingerprint density at radius 3 is 2.48 bits per heavy atom. The van der Waals surface area contributed by atoms with Crippen molar-refractivity contribution in [2.24, 2.45) is 5.16 Å². The van der Waals surface area contributed by atoms with Crippen molar-refractivity contribution >= 4 is 23.4 Å². The Balaban J connectivity index is 1.71. The van der Waals surface area contributed by atoms with Gasteiger partial charge in [-0.05, 0) is 48.6 Å². The van der Waals surface area contributed by atoms with Gasteiger partial charge in [0.1, 0.15) is 0 Å². The van der Waals surface area contributed by atoms with E-state index in [1.165, 1.54) is 24.3 Å². The molecule has 2 aromatic rings. The van der Waals surface area contributed by atoms with Crippen LogP contribution in [0.3, 0.4) is 0 Å². The molecule has 6 nitrogen and oxygen atoms in total. The van der Waals surface area contributed by atoms with Gasteiger partial charge >= 0.3 is 5.97 Å². The van der Waals surface area contributed by atoms with E-state index in [0.29, 0.717) is 0 Å². The first-order valence-electron chi connectivity index (χ1n) is 7.92. The molecule has 0 saturated heterocycles. The standard InChI is InChI=1S/C19H16N2O4/c22-19(15-9-11-17(12-10-15)21(23)24)25-20-18-8-4-7-16(18)13-14-5-2-1-3-6-14/h1-3,5-6,9-13H,4,7-8H2/b16-13+,20-18-. The highest BCUT2D eigenvalue weighted by Gasteiger charge is 2.17. The number of nitro groups is 1. The van der Waals surface area contributed by atoms with E-state index in [9.17, 15) is 14.9 Å². The maximum atomic E-state index is 12.0. The van der Waals surface area contributed by atoms with Crippen molar-refractivity contribution in [3.63, 3.8) is 0 Å². The lowest BCUT2D eigenvalue weighted by Gasteiger charge is -2.02. The zero-order chi connectivity index (χ0) is 17.6. The summed E-state index contributed by atoms with van der Waals surface area (Å²) < 4.78 is 0. The molecule has 0 spiro atoms. The molecule has 1 saturated carbocycles. The summed E-state index contributed by atoms with van der Waals surface area (Å²) in [4.78, 5) is 27.2. The van der Waals surface area contributed by atoms with E-state index < -0.39 is 10.9 Å². The molecule has 0 radical (unpaired) electrons. The van der Waals surface area contributed by atoms with E-state index in [2.05, 4.69) is 5.16 Å². The largest absolute Gasteiger partial charge is 0.365 e. The van der Waals surface area contributed by atoms with Crippen LogP contribution in [0.15, 0.2) is 65.3 Å². The molecule has 0 aliphatic heterocycles. The van der Waals surface area contributed by atoms with Gasteiger partial charge in [0.15, 0.2) is 0 Å². The lowest BCUT2D eigenvalue weighted by molar-refractivity contribution is -0.384. The molecule has 3 rings (SSSR count). The summed E-state index contributed by atoms with van der Waals surface area (Å²) in [7, 11) is 0. The fourth-order valence-electron chi connectivity index (χ4n) is 2.63. The second-order valence-electron chi connectivity index (χ2n) is 5.65. The SMILES string of the molecule is O=C(O/N=C1/CCC/C1=C\c1ccccc1)c1ccc([N+](=O)[O-])cc1. The van der Waals surface area contributed by atoms with E-state index in [-0.39, 0.29) is 11.3 Å². The van der Waals surface area contributed by atoms with Crippen molar-refractivity contribution in [1.29, 1.82) is 0 Å². The van der Waals surface area contributed by atoms with Gasteiger partial charge in [-0.1, -0.05) is 35.5 Å². The third-order valence-corrected chi connectivity index (χ3v) is 3.92. The molecule has 0 aromatic heterocycles. The van der Waals surface area contributed by atoms with Crippen LogP contribution in [0, 0.1) is 10.1 Å². The Hall–Kier alpha value is -3.28. The molecule has 1 fully saturated rings. The average molecular weight is 336 g/mol. The third-order valence-electron chi connectivity index (χ3n) is 3.92. The van der Waals surface area contributed by atoms with Gasteiger partial charge in [-0.2, -0.15) is 0 Å². The highest BCUT2D eigenvalue weighted by atomic mass is 16.7. The zero-order valence-electron chi connectivity index (χ0n) is 13.4. The van der Waals surface area contributed by atoms with Gasteiger partial charge in [0, 0.05) is 12.1 Å². The number of nitro benzene ring substituents is 1. The molecule has 0 atom stereocenters. The lowest BCUT2D eigenvalue weighted by Crippen LogP contribution is -2.04. The van der Waals surface area contributed by atoms with Gasteiger partial charge in [-0.25, -0.2) is 4.79 Å². The first-order chi connectivity index (χ1) is 12.1. The normalized spacial score (nSPS) is 17.0. The number of hydrogen-bond acceptors (Lipinski definition) is 5. The Bertz CT molecular complexity index is 839. The minimum Gasteiger partial charge on any atom is -0.313 e. The predicted octanol–water partition coefficient (Wildman–Crippen LogP) is 4.38. The molecular formula is C19H16N2O4. The molecule has 2 aromatic carbocycles. The fraction of sp³-hybridized carbons (Fsp3) is 0.158. The monoisotopic (exact) mass is 336 g/mol. The van der Waals surface area contributed by atoms with Crippen LogP contribution in [0.2, 0.25) is 0 Å². The Kier molecular flexibility index (Phi) is 4.99. The van der Waals surface area contributed by atoms with Crippen LogP contribution < -0.4 is 0 Å². The summed E-state index contributed by atoms with van der Waals surface area (Å²) in [6, 6.07) is 15.1. The summed E-state index contributed by atoms with van der Waals surface area (Å²) in [5.41, 5.74) is 3.05. The number of carbonyl (C=O) groups is 1. The van der Waals surface area contributed by atoms with E-state index in [1.54, 1.807) is 0 Å². The van der Waals surface area contributed by atoms with Crippen molar-refractivity contribution in [2.75, 3.05) is 0 Å². The molecule has 1 aliphatic carbocycles. The smallest absolute Gasteiger partial charge is 0.313 e. The molecule has 0 heterocycles. The fourth-order valence-corrected chi connectivity index (χ4v) is 2.63. The summed E-state index contributed by atoms with van der Waals surface area (Å²) in [5.74, 6) is -0.631. The molecule has 1 aliphatic rings. The Labute approximate surface area is 144 Å². The highest BCUT2D eigenvalue weighted by molar-refractivity contribution is 6.05. The van der Waals surface area contributed by atoms with Crippen LogP contribution in [0.4, 0.5) is 5.69 Å². The minimum atomic E-state index is -0.631. The minimum absolute atomic E-state index is 0.0771. The second-order valence-corrected chi connectivity index (χ2v) is 5.65. The zero-order valence-corrected chi connectivity index (χ0v) is 13.4. The maximum Gasteiger partial charge on any atom is 0.365 e. The molecule has 0 bridgehead atoms. The number of benzene rings is 2. The first kappa shape index (κ1) is 16.6. The van der Waals surface area contributed by atoms with Crippen LogP contribution in [0.5, 0.6) is 0 Å². The number of nitrogens with zero attached hydrogens (tertiary/aromatic N) is 2. The predicted molar refractivity (Wildman–Crippen MR) is 94.2 cm³/mol. The maximum absolute atomic E-state index is 12.0. The molecule has 0 amide bonds. The third kappa shape index (κ3) is 4.17.